The summed E-state index contributed by atoms with van der Waals surface area (Å²) in [7, 11) is -2.32. The molecule has 33 heavy (non-hydrogen) atoms. The normalized spacial score (nSPS) is 15.2. The third-order valence-corrected chi connectivity index (χ3v) is 7.40. The molecule has 1 amide bonds. The van der Waals surface area contributed by atoms with Crippen molar-refractivity contribution >= 4 is 28.2 Å². The van der Waals surface area contributed by atoms with E-state index >= 15 is 0 Å². The molecule has 0 bridgehead atoms. The minimum Gasteiger partial charge on any atom is -0.497 e. The number of rotatable bonds is 8. The van der Waals surface area contributed by atoms with Crippen molar-refractivity contribution in [2.75, 3.05) is 7.11 Å². The number of ether oxygens (including phenoxy) is 1. The van der Waals surface area contributed by atoms with Gasteiger partial charge < -0.3 is 4.74 Å². The molecule has 1 aromatic heterocycles. The van der Waals surface area contributed by atoms with Crippen molar-refractivity contribution in [2.24, 2.45) is 5.92 Å². The smallest absolute Gasteiger partial charge is 0.236 e. The van der Waals surface area contributed by atoms with Gasteiger partial charge >= 0.3 is 0 Å². The minimum atomic E-state index is -3.83. The number of carbonyl (C=O) groups excluding carboxylic acids is 1. The first-order valence-electron chi connectivity index (χ1n) is 11.0. The Kier molecular flexibility index (Phi) is 10.6. The highest BCUT2D eigenvalue weighted by Crippen LogP contribution is 2.25. The Bertz CT molecular complexity index is 993. The van der Waals surface area contributed by atoms with Gasteiger partial charge in [-0.05, 0) is 60.7 Å². The predicted octanol–water partition coefficient (Wildman–Crippen LogP) is 4.32. The lowest BCUT2D eigenvalue weighted by molar-refractivity contribution is -0.166. The average molecular weight is 498 g/mol. The predicted molar refractivity (Wildman–Crippen MR) is 126 cm³/mol. The van der Waals surface area contributed by atoms with Crippen LogP contribution in [-0.2, 0) is 21.2 Å². The van der Waals surface area contributed by atoms with E-state index in [1.54, 1.807) is 18.2 Å². The summed E-state index contributed by atoms with van der Waals surface area (Å²) < 4.78 is 30.8. The molecule has 0 unspecified atom stereocenters. The second kappa shape index (κ2) is 12.9. The average Bonchev–Trinajstić information content (AvgIpc) is 2.75. The van der Waals surface area contributed by atoms with Crippen molar-refractivity contribution in [2.45, 2.75) is 67.8 Å². The molecule has 8 nitrogen and oxygen atoms in total. The molecular formula is C23H32ClN3O5S. The number of hydrogen-bond donors (Lipinski definition) is 2. The molecule has 2 N–H and O–H groups in total. The van der Waals surface area contributed by atoms with Gasteiger partial charge in [-0.1, -0.05) is 37.3 Å². The summed E-state index contributed by atoms with van der Waals surface area (Å²) in [5.41, 5.74) is 2.98. The van der Waals surface area contributed by atoms with Crippen molar-refractivity contribution in [1.29, 1.82) is 0 Å². The van der Waals surface area contributed by atoms with Crippen LogP contribution in [0.4, 0.5) is 0 Å². The Balaban J connectivity index is 0.00000385. The number of nitrogens with one attached hydrogen (secondary N) is 1. The van der Waals surface area contributed by atoms with Crippen molar-refractivity contribution in [3.05, 3.63) is 48.2 Å². The van der Waals surface area contributed by atoms with E-state index in [9.17, 15) is 18.4 Å². The van der Waals surface area contributed by atoms with E-state index in [0.29, 0.717) is 28.8 Å². The van der Waals surface area contributed by atoms with Gasteiger partial charge in [-0.2, -0.15) is 0 Å². The summed E-state index contributed by atoms with van der Waals surface area (Å²) in [6.45, 7) is -0.0654. The van der Waals surface area contributed by atoms with Crippen LogP contribution < -0.4 is 10.2 Å². The van der Waals surface area contributed by atoms with Crippen molar-refractivity contribution in [3.8, 4) is 5.75 Å². The van der Waals surface area contributed by atoms with Gasteiger partial charge in [-0.25, -0.2) is 13.4 Å². The van der Waals surface area contributed by atoms with Gasteiger partial charge in [0.1, 0.15) is 5.75 Å². The van der Waals surface area contributed by atoms with E-state index in [1.165, 1.54) is 50.8 Å². The summed E-state index contributed by atoms with van der Waals surface area (Å²) in [6.07, 6.45) is 9.81. The van der Waals surface area contributed by atoms with Crippen LogP contribution in [0.1, 0.15) is 56.9 Å². The quantitative estimate of drug-likeness (QED) is 0.523. The number of hydrazine groups is 1. The summed E-state index contributed by atoms with van der Waals surface area (Å²) in [4.78, 5) is 16.4. The summed E-state index contributed by atoms with van der Waals surface area (Å²) in [5.74, 6) is 0.654. The Morgan fingerprint density at radius 3 is 2.39 bits per heavy atom. The van der Waals surface area contributed by atoms with Crippen LogP contribution in [0.3, 0.4) is 0 Å². The second-order valence-electron chi connectivity index (χ2n) is 8.19. The summed E-state index contributed by atoms with van der Waals surface area (Å²) >= 11 is 0. The highest BCUT2D eigenvalue weighted by molar-refractivity contribution is 7.91. The number of halogens is 1. The Hall–Kier alpha value is -2.20. The molecule has 0 radical (unpaired) electrons. The molecule has 182 valence electrons. The number of sulfone groups is 1. The lowest BCUT2D eigenvalue weighted by atomic mass is 9.89. The van der Waals surface area contributed by atoms with Gasteiger partial charge in [-0.3, -0.25) is 15.4 Å². The van der Waals surface area contributed by atoms with Crippen LogP contribution in [0.25, 0.3) is 0 Å². The molecule has 0 spiro atoms. The highest BCUT2D eigenvalue weighted by atomic mass is 35.5. The van der Waals surface area contributed by atoms with Gasteiger partial charge in [-0.15, -0.1) is 12.4 Å². The SMILES string of the molecule is COc1ccc(S(=O)(=O)c2cc(CN(O)NC(=O)CC3CCCCCCC3)ccn2)cc1.Cl. The van der Waals surface area contributed by atoms with E-state index in [2.05, 4.69) is 10.4 Å². The number of hydrogen-bond acceptors (Lipinski definition) is 7. The van der Waals surface area contributed by atoms with E-state index in [4.69, 9.17) is 4.74 Å². The number of methoxy groups -OCH3 is 1. The van der Waals surface area contributed by atoms with Crippen LogP contribution in [0.15, 0.2) is 52.5 Å². The summed E-state index contributed by atoms with van der Waals surface area (Å²) in [5, 5.41) is 10.8. The molecule has 10 heteroatoms. The van der Waals surface area contributed by atoms with Gasteiger partial charge in [0, 0.05) is 12.6 Å². The van der Waals surface area contributed by atoms with Crippen LogP contribution >= 0.6 is 12.4 Å². The van der Waals surface area contributed by atoms with Gasteiger partial charge in [0.15, 0.2) is 5.03 Å². The maximum atomic E-state index is 12.9. The highest BCUT2D eigenvalue weighted by Gasteiger charge is 2.21. The first-order valence-corrected chi connectivity index (χ1v) is 12.5. The molecule has 1 fully saturated rings. The minimum absolute atomic E-state index is 0. The van der Waals surface area contributed by atoms with Crippen LogP contribution in [0, 0.1) is 5.92 Å². The topological polar surface area (TPSA) is 109 Å². The third-order valence-electron chi connectivity index (χ3n) is 5.73. The number of pyridine rings is 1. The molecule has 1 heterocycles. The zero-order valence-electron chi connectivity index (χ0n) is 18.8. The number of aromatic nitrogens is 1. The zero-order chi connectivity index (χ0) is 23.0. The van der Waals surface area contributed by atoms with Crippen molar-refractivity contribution in [3.63, 3.8) is 0 Å². The van der Waals surface area contributed by atoms with E-state index in [0.717, 1.165) is 25.7 Å². The molecule has 3 rings (SSSR count). The van der Waals surface area contributed by atoms with Crippen molar-refractivity contribution in [1.82, 2.24) is 15.6 Å². The second-order valence-corrected chi connectivity index (χ2v) is 10.1. The molecule has 0 aliphatic heterocycles. The van der Waals surface area contributed by atoms with Crippen LogP contribution in [-0.4, -0.2) is 36.8 Å². The Morgan fingerprint density at radius 1 is 1.12 bits per heavy atom. The maximum Gasteiger partial charge on any atom is 0.236 e. The van der Waals surface area contributed by atoms with E-state index in [1.807, 2.05) is 0 Å². The number of amides is 1. The molecule has 1 saturated carbocycles. The molecule has 1 aromatic carbocycles. The molecule has 1 aliphatic rings. The largest absolute Gasteiger partial charge is 0.497 e. The third kappa shape index (κ3) is 7.96. The van der Waals surface area contributed by atoms with Gasteiger partial charge in [0.05, 0.1) is 18.6 Å². The fraction of sp³-hybridized carbons (Fsp3) is 0.478. The van der Waals surface area contributed by atoms with Gasteiger partial charge in [0.2, 0.25) is 15.7 Å². The summed E-state index contributed by atoms with van der Waals surface area (Å²) in [6, 6.07) is 9.03. The first kappa shape index (κ1) is 27.0. The maximum absolute atomic E-state index is 12.9. The fourth-order valence-corrected chi connectivity index (χ4v) is 5.22. The van der Waals surface area contributed by atoms with Crippen LogP contribution in [0.2, 0.25) is 0 Å². The lowest BCUT2D eigenvalue weighted by Gasteiger charge is -2.21. The molecule has 0 saturated heterocycles. The first-order chi connectivity index (χ1) is 15.4. The fourth-order valence-electron chi connectivity index (χ4n) is 3.98. The number of benzene rings is 1. The van der Waals surface area contributed by atoms with Crippen LogP contribution in [0.5, 0.6) is 5.75 Å². The Labute approximate surface area is 201 Å². The molecule has 1 aliphatic carbocycles. The van der Waals surface area contributed by atoms with Crippen molar-refractivity contribution < 1.29 is 23.2 Å². The molecular weight excluding hydrogens is 466 g/mol. The standard InChI is InChI=1S/C23H31N3O5S.ClH/c1-31-20-9-11-21(12-10-20)32(29,30)23-16-19(13-14-24-23)17-26(28)25-22(27)15-18-7-5-3-2-4-6-8-18;/h9-14,16,18,28H,2-8,15,17H2,1H3,(H,25,27);1H. The monoisotopic (exact) mass is 497 g/mol. The number of hydroxylamine groups is 1. The van der Waals surface area contributed by atoms with Gasteiger partial charge in [0.25, 0.3) is 0 Å². The lowest BCUT2D eigenvalue weighted by Crippen LogP contribution is -2.40. The number of nitrogens with zero attached hydrogens (tertiary/aromatic N) is 2. The zero-order valence-corrected chi connectivity index (χ0v) is 20.4. The molecule has 2 aromatic rings. The number of carbonyl (C=O) groups is 1. The van der Waals surface area contributed by atoms with E-state index < -0.39 is 9.84 Å². The molecule has 0 atom stereocenters. The Morgan fingerprint density at radius 2 is 1.76 bits per heavy atom. The van der Waals surface area contributed by atoms with E-state index in [-0.39, 0.29) is 34.8 Å².